The maximum absolute atomic E-state index is 2.46. The summed E-state index contributed by atoms with van der Waals surface area (Å²) in [5.74, 6) is 0. The summed E-state index contributed by atoms with van der Waals surface area (Å²) in [5, 5.41) is 2.39. The Kier molecular flexibility index (Phi) is 9.11. The van der Waals surface area contributed by atoms with Gasteiger partial charge in [0.25, 0.3) is 0 Å². The Balaban J connectivity index is 0.995. The number of hydrogen-bond acceptors (Lipinski definition) is 2. The maximum atomic E-state index is 2.46. The topological polar surface area (TPSA) is 6.48 Å². The van der Waals surface area contributed by atoms with E-state index in [0.29, 0.717) is 0 Å². The molecule has 0 saturated carbocycles. The highest BCUT2D eigenvalue weighted by molar-refractivity contribution is 6.08. The van der Waals surface area contributed by atoms with Gasteiger partial charge in [-0.3, -0.25) is 0 Å². The van der Waals surface area contributed by atoms with E-state index in [1.54, 1.807) is 0 Å². The fourth-order valence-electron chi connectivity index (χ4n) is 11.2. The molecule has 2 aliphatic rings. The Labute approximate surface area is 391 Å². The fraction of sp³-hybridized carbons (Fsp3) is 0.0154. The summed E-state index contributed by atoms with van der Waals surface area (Å²) in [6, 6.07) is 98.0. The minimum Gasteiger partial charge on any atom is -0.310 e. The molecule has 0 radical (unpaired) electrons. The Morgan fingerprint density at radius 1 is 0.284 bits per heavy atom. The molecule has 1 aliphatic carbocycles. The molecule has 0 amide bonds. The summed E-state index contributed by atoms with van der Waals surface area (Å²) >= 11 is 0. The molecule has 1 heterocycles. The van der Waals surface area contributed by atoms with Crippen LogP contribution in [0.3, 0.4) is 0 Å². The fourth-order valence-corrected chi connectivity index (χ4v) is 11.2. The van der Waals surface area contributed by atoms with Crippen LogP contribution in [0.4, 0.5) is 34.1 Å². The van der Waals surface area contributed by atoms with Crippen LogP contribution in [0, 0.1) is 0 Å². The van der Waals surface area contributed by atoms with Crippen molar-refractivity contribution in [2.24, 2.45) is 0 Å². The average Bonchev–Trinajstić information content (AvgIpc) is 3.70. The first kappa shape index (κ1) is 38.7. The molecule has 1 spiro atoms. The molecule has 1 aliphatic heterocycles. The van der Waals surface area contributed by atoms with Crippen LogP contribution in [0.25, 0.3) is 55.3 Å². The molecule has 0 unspecified atom stereocenters. The highest BCUT2D eigenvalue weighted by Crippen LogP contribution is 2.63. The second-order valence-corrected chi connectivity index (χ2v) is 17.6. The number of anilines is 6. The molecule has 0 atom stereocenters. The van der Waals surface area contributed by atoms with Crippen LogP contribution < -0.4 is 9.80 Å². The molecule has 11 aromatic carbocycles. The first-order valence-electron chi connectivity index (χ1n) is 23.2. The number of rotatable bonds is 7. The van der Waals surface area contributed by atoms with Gasteiger partial charge in [-0.2, -0.15) is 0 Å². The zero-order valence-electron chi connectivity index (χ0n) is 36.8. The quantitative estimate of drug-likeness (QED) is 0.158. The summed E-state index contributed by atoms with van der Waals surface area (Å²) in [6.07, 6.45) is 0. The zero-order chi connectivity index (χ0) is 44.3. The minimum absolute atomic E-state index is 0.502. The molecule has 0 fully saturated rings. The molecule has 0 N–H and O–H groups in total. The molecule has 0 aromatic heterocycles. The molecule has 2 nitrogen and oxygen atoms in total. The Morgan fingerprint density at radius 3 is 1.49 bits per heavy atom. The van der Waals surface area contributed by atoms with Gasteiger partial charge >= 0.3 is 0 Å². The molecule has 0 bridgehead atoms. The van der Waals surface area contributed by atoms with Gasteiger partial charge in [0.1, 0.15) is 0 Å². The van der Waals surface area contributed by atoms with E-state index in [4.69, 9.17) is 0 Å². The van der Waals surface area contributed by atoms with Crippen molar-refractivity contribution in [2.45, 2.75) is 5.41 Å². The van der Waals surface area contributed by atoms with Crippen molar-refractivity contribution in [1.29, 1.82) is 0 Å². The van der Waals surface area contributed by atoms with Gasteiger partial charge in [-0.15, -0.1) is 0 Å². The molecular formula is C65H44N2. The van der Waals surface area contributed by atoms with Gasteiger partial charge in [-0.05, 0) is 121 Å². The lowest BCUT2D eigenvalue weighted by atomic mass is 9.64. The van der Waals surface area contributed by atoms with E-state index >= 15 is 0 Å². The maximum Gasteiger partial charge on any atom is 0.0754 e. The van der Waals surface area contributed by atoms with Gasteiger partial charge in [0.05, 0.1) is 28.2 Å². The van der Waals surface area contributed by atoms with E-state index in [1.807, 2.05) is 0 Å². The summed E-state index contributed by atoms with van der Waals surface area (Å²) in [5.41, 5.74) is 21.3. The highest BCUT2D eigenvalue weighted by Gasteiger charge is 2.51. The number of benzene rings is 11. The lowest BCUT2D eigenvalue weighted by molar-refractivity contribution is 0.753. The molecule has 0 saturated heterocycles. The van der Waals surface area contributed by atoms with Crippen LogP contribution >= 0.6 is 0 Å². The van der Waals surface area contributed by atoms with Crippen LogP contribution in [0.15, 0.2) is 267 Å². The van der Waals surface area contributed by atoms with Gasteiger partial charge in [0.15, 0.2) is 0 Å². The normalized spacial score (nSPS) is 12.9. The molecular weight excluding hydrogens is 809 g/mol. The Bertz CT molecular complexity index is 3590. The Hall–Kier alpha value is -8.72. The van der Waals surface area contributed by atoms with Crippen molar-refractivity contribution < 1.29 is 0 Å². The first-order valence-corrected chi connectivity index (χ1v) is 23.2. The van der Waals surface area contributed by atoms with Gasteiger partial charge in [-0.25, -0.2) is 0 Å². The predicted molar refractivity (Wildman–Crippen MR) is 280 cm³/mol. The van der Waals surface area contributed by atoms with Crippen molar-refractivity contribution in [1.82, 2.24) is 0 Å². The molecule has 2 heteroatoms. The molecule has 11 aromatic rings. The van der Waals surface area contributed by atoms with Crippen LogP contribution in [-0.4, -0.2) is 0 Å². The number of hydrogen-bond donors (Lipinski definition) is 0. The summed E-state index contributed by atoms with van der Waals surface area (Å²) in [7, 11) is 0. The standard InChI is InChI=1S/C65H44N2/c1-4-20-45(21-5-1)46-36-39-50(40-37-46)66(61-33-17-13-26-52(61)47-22-6-2-7-23-47)62-43-41-51(53-27-10-11-29-55(53)62)48-38-42-58-56(44-48)54-28-12-14-30-57(54)65(58)59-31-15-18-34-63(59)67(49-24-8-3-9-25-49)64-35-19-16-32-60(64)65/h1-44H. The monoisotopic (exact) mass is 852 g/mol. The van der Waals surface area contributed by atoms with Gasteiger partial charge in [-0.1, -0.05) is 212 Å². The molecule has 314 valence electrons. The lowest BCUT2D eigenvalue weighted by Gasteiger charge is -2.45. The summed E-state index contributed by atoms with van der Waals surface area (Å²) in [6.45, 7) is 0. The van der Waals surface area contributed by atoms with Gasteiger partial charge < -0.3 is 9.80 Å². The smallest absolute Gasteiger partial charge is 0.0754 e. The van der Waals surface area contributed by atoms with Crippen molar-refractivity contribution >= 4 is 44.9 Å². The Morgan fingerprint density at radius 2 is 0.791 bits per heavy atom. The third-order valence-corrected chi connectivity index (χ3v) is 14.1. The number of para-hydroxylation sites is 4. The van der Waals surface area contributed by atoms with E-state index in [-0.39, 0.29) is 0 Å². The average molecular weight is 853 g/mol. The van der Waals surface area contributed by atoms with E-state index in [9.17, 15) is 0 Å². The predicted octanol–water partition coefficient (Wildman–Crippen LogP) is 17.5. The van der Waals surface area contributed by atoms with Gasteiger partial charge in [0.2, 0.25) is 0 Å². The second-order valence-electron chi connectivity index (χ2n) is 17.6. The van der Waals surface area contributed by atoms with Crippen LogP contribution in [0.1, 0.15) is 22.3 Å². The van der Waals surface area contributed by atoms with E-state index in [1.165, 1.54) is 88.9 Å². The summed E-state index contributed by atoms with van der Waals surface area (Å²) in [4.78, 5) is 4.89. The number of nitrogens with zero attached hydrogens (tertiary/aromatic N) is 2. The third-order valence-electron chi connectivity index (χ3n) is 14.1. The lowest BCUT2D eigenvalue weighted by Crippen LogP contribution is -2.36. The van der Waals surface area contributed by atoms with Crippen LogP contribution in [0.2, 0.25) is 0 Å². The van der Waals surface area contributed by atoms with Crippen molar-refractivity contribution in [3.8, 4) is 44.5 Å². The second kappa shape index (κ2) is 15.8. The van der Waals surface area contributed by atoms with Crippen molar-refractivity contribution in [3.05, 3.63) is 289 Å². The largest absolute Gasteiger partial charge is 0.310 e. The van der Waals surface area contributed by atoms with E-state index in [0.717, 1.165) is 22.7 Å². The van der Waals surface area contributed by atoms with Gasteiger partial charge in [0, 0.05) is 22.3 Å². The minimum atomic E-state index is -0.502. The van der Waals surface area contributed by atoms with Crippen molar-refractivity contribution in [2.75, 3.05) is 9.80 Å². The first-order chi connectivity index (χ1) is 33.3. The highest BCUT2D eigenvalue weighted by atomic mass is 15.2. The van der Waals surface area contributed by atoms with Crippen LogP contribution in [-0.2, 0) is 5.41 Å². The SMILES string of the molecule is c1ccc(-c2ccc(N(c3ccccc3-c3ccccc3)c3ccc(-c4ccc5c(c4)-c4ccccc4C54c5ccccc5N(c5ccccc5)c5ccccc54)c4ccccc34)cc2)cc1. The molecule has 67 heavy (non-hydrogen) atoms. The number of fused-ring (bicyclic) bond motifs is 10. The van der Waals surface area contributed by atoms with Crippen molar-refractivity contribution in [3.63, 3.8) is 0 Å². The third kappa shape index (κ3) is 6.04. The van der Waals surface area contributed by atoms with Crippen LogP contribution in [0.5, 0.6) is 0 Å². The van der Waals surface area contributed by atoms with E-state index in [2.05, 4.69) is 277 Å². The van der Waals surface area contributed by atoms with E-state index < -0.39 is 5.41 Å². The molecule has 13 rings (SSSR count). The zero-order valence-corrected chi connectivity index (χ0v) is 36.8. The summed E-state index contributed by atoms with van der Waals surface area (Å²) < 4.78 is 0.